The normalized spacial score (nSPS) is 10.1. The lowest BCUT2D eigenvalue weighted by Gasteiger charge is -2.12. The minimum absolute atomic E-state index is 0.0897. The molecule has 0 saturated carbocycles. The number of rotatable bonds is 6. The molecule has 1 heterocycles. The lowest BCUT2D eigenvalue weighted by molar-refractivity contribution is 0.0959. The van der Waals surface area contributed by atoms with Crippen molar-refractivity contribution in [3.63, 3.8) is 0 Å². The first-order valence-corrected chi connectivity index (χ1v) is 8.24. The number of carbonyl (C=O) groups excluding carboxylic acids is 2. The molecule has 2 N–H and O–H groups in total. The SMILES string of the molecule is C#CCNC(=O)c1ccccc1NC(=O)c1cnc(OC(C)C)c(Cl)c1. The van der Waals surface area contributed by atoms with Crippen LogP contribution in [-0.2, 0) is 0 Å². The maximum Gasteiger partial charge on any atom is 0.257 e. The van der Waals surface area contributed by atoms with Crippen molar-refractivity contribution in [1.29, 1.82) is 0 Å². The van der Waals surface area contributed by atoms with Gasteiger partial charge in [0.15, 0.2) is 0 Å². The number of ether oxygens (including phenoxy) is 1. The number of aromatic nitrogens is 1. The summed E-state index contributed by atoms with van der Waals surface area (Å²) in [6.07, 6.45) is 6.41. The Morgan fingerprint density at radius 2 is 2.04 bits per heavy atom. The third-order valence-corrected chi connectivity index (χ3v) is 3.46. The number of pyridine rings is 1. The molecule has 1 aromatic heterocycles. The van der Waals surface area contributed by atoms with Gasteiger partial charge in [-0.25, -0.2) is 4.98 Å². The van der Waals surface area contributed by atoms with Crippen LogP contribution in [0, 0.1) is 12.3 Å². The fourth-order valence-electron chi connectivity index (χ4n) is 2.07. The molecule has 0 radical (unpaired) electrons. The largest absolute Gasteiger partial charge is 0.474 e. The highest BCUT2D eigenvalue weighted by Gasteiger charge is 2.15. The fraction of sp³-hybridized carbons (Fsp3) is 0.211. The molecule has 0 aliphatic carbocycles. The fourth-order valence-corrected chi connectivity index (χ4v) is 2.28. The summed E-state index contributed by atoms with van der Waals surface area (Å²) in [5.74, 6) is 1.75. The van der Waals surface area contributed by atoms with E-state index in [2.05, 4.69) is 21.5 Å². The van der Waals surface area contributed by atoms with Gasteiger partial charge in [0.25, 0.3) is 11.8 Å². The van der Waals surface area contributed by atoms with Gasteiger partial charge in [-0.3, -0.25) is 9.59 Å². The molecule has 0 fully saturated rings. The molecule has 0 aliphatic heterocycles. The van der Waals surface area contributed by atoms with Gasteiger partial charge in [0.2, 0.25) is 5.88 Å². The van der Waals surface area contributed by atoms with Crippen LogP contribution in [0.25, 0.3) is 0 Å². The first-order chi connectivity index (χ1) is 12.4. The van der Waals surface area contributed by atoms with E-state index in [4.69, 9.17) is 22.8 Å². The van der Waals surface area contributed by atoms with Crippen LogP contribution in [0.1, 0.15) is 34.6 Å². The number of benzene rings is 1. The summed E-state index contributed by atoms with van der Waals surface area (Å²) >= 11 is 6.11. The van der Waals surface area contributed by atoms with Crippen LogP contribution in [0.4, 0.5) is 5.69 Å². The Kier molecular flexibility index (Phi) is 6.59. The molecule has 0 aliphatic rings. The number of nitrogens with one attached hydrogen (secondary N) is 2. The van der Waals surface area contributed by atoms with Crippen molar-refractivity contribution in [2.75, 3.05) is 11.9 Å². The number of para-hydroxylation sites is 1. The molecule has 2 aromatic rings. The Morgan fingerprint density at radius 3 is 2.69 bits per heavy atom. The lowest BCUT2D eigenvalue weighted by atomic mass is 10.1. The van der Waals surface area contributed by atoms with Gasteiger partial charge in [-0.05, 0) is 32.0 Å². The van der Waals surface area contributed by atoms with Crippen LogP contribution < -0.4 is 15.4 Å². The number of halogens is 1. The average Bonchev–Trinajstić information content (AvgIpc) is 2.61. The molecular formula is C19H18ClN3O3. The van der Waals surface area contributed by atoms with Gasteiger partial charge in [-0.2, -0.15) is 0 Å². The zero-order valence-electron chi connectivity index (χ0n) is 14.4. The van der Waals surface area contributed by atoms with E-state index < -0.39 is 5.91 Å². The van der Waals surface area contributed by atoms with Gasteiger partial charge < -0.3 is 15.4 Å². The van der Waals surface area contributed by atoms with Crippen LogP contribution in [0.3, 0.4) is 0 Å². The van der Waals surface area contributed by atoms with Crippen LogP contribution in [0.5, 0.6) is 5.88 Å². The van der Waals surface area contributed by atoms with Crippen molar-refractivity contribution >= 4 is 29.1 Å². The molecule has 2 rings (SSSR count). The zero-order chi connectivity index (χ0) is 19.1. The van der Waals surface area contributed by atoms with Crippen molar-refractivity contribution < 1.29 is 14.3 Å². The highest BCUT2D eigenvalue weighted by molar-refractivity contribution is 6.32. The number of carbonyl (C=O) groups is 2. The molecule has 7 heteroatoms. The maximum absolute atomic E-state index is 12.5. The maximum atomic E-state index is 12.5. The zero-order valence-corrected chi connectivity index (χ0v) is 15.1. The van der Waals surface area contributed by atoms with E-state index in [1.807, 2.05) is 13.8 Å². The Morgan fingerprint density at radius 1 is 1.31 bits per heavy atom. The topological polar surface area (TPSA) is 80.3 Å². The number of hydrogen-bond acceptors (Lipinski definition) is 4. The number of hydrogen-bond donors (Lipinski definition) is 2. The molecule has 0 unspecified atom stereocenters. The molecule has 2 amide bonds. The number of amides is 2. The smallest absolute Gasteiger partial charge is 0.257 e. The Hall–Kier alpha value is -3.04. The highest BCUT2D eigenvalue weighted by Crippen LogP contribution is 2.24. The predicted molar refractivity (Wildman–Crippen MR) is 101 cm³/mol. The highest BCUT2D eigenvalue weighted by atomic mass is 35.5. The molecule has 26 heavy (non-hydrogen) atoms. The van der Waals surface area contributed by atoms with Crippen molar-refractivity contribution in [3.8, 4) is 18.2 Å². The number of anilines is 1. The first kappa shape index (κ1) is 19.3. The molecule has 0 bridgehead atoms. The third-order valence-electron chi connectivity index (χ3n) is 3.19. The van der Waals surface area contributed by atoms with Gasteiger partial charge >= 0.3 is 0 Å². The Bertz CT molecular complexity index is 859. The summed E-state index contributed by atoms with van der Waals surface area (Å²) in [6.45, 7) is 3.79. The van der Waals surface area contributed by atoms with E-state index >= 15 is 0 Å². The molecule has 1 aromatic carbocycles. The molecule has 0 spiro atoms. The van der Waals surface area contributed by atoms with Crippen LogP contribution in [-0.4, -0.2) is 29.4 Å². The summed E-state index contributed by atoms with van der Waals surface area (Å²) in [6, 6.07) is 8.07. The molecule has 0 atom stereocenters. The second-order valence-corrected chi connectivity index (χ2v) is 5.97. The van der Waals surface area contributed by atoms with Gasteiger partial charge in [-0.1, -0.05) is 29.7 Å². The van der Waals surface area contributed by atoms with Gasteiger partial charge in [0, 0.05) is 6.20 Å². The molecular weight excluding hydrogens is 354 g/mol. The van der Waals surface area contributed by atoms with Crippen LogP contribution in [0.2, 0.25) is 5.02 Å². The lowest BCUT2D eigenvalue weighted by Crippen LogP contribution is -2.25. The quantitative estimate of drug-likeness (QED) is 0.764. The monoisotopic (exact) mass is 371 g/mol. The second-order valence-electron chi connectivity index (χ2n) is 5.56. The predicted octanol–water partition coefficient (Wildman–Crippen LogP) is 3.14. The minimum atomic E-state index is -0.451. The van der Waals surface area contributed by atoms with E-state index in [0.717, 1.165) is 0 Å². The Labute approximate surface area is 156 Å². The minimum Gasteiger partial charge on any atom is -0.474 e. The molecule has 6 nitrogen and oxygen atoms in total. The summed E-state index contributed by atoms with van der Waals surface area (Å²) in [7, 11) is 0. The first-order valence-electron chi connectivity index (χ1n) is 7.86. The van der Waals surface area contributed by atoms with Crippen molar-refractivity contribution in [1.82, 2.24) is 10.3 Å². The van der Waals surface area contributed by atoms with E-state index in [0.29, 0.717) is 11.3 Å². The molecule has 0 saturated heterocycles. The van der Waals surface area contributed by atoms with Crippen LogP contribution in [0.15, 0.2) is 36.5 Å². The van der Waals surface area contributed by atoms with Gasteiger partial charge in [0.05, 0.1) is 29.5 Å². The summed E-state index contributed by atoms with van der Waals surface area (Å²) in [4.78, 5) is 28.7. The standard InChI is InChI=1S/C19H18ClN3O3/c1-4-9-21-18(25)14-7-5-6-8-16(14)23-17(24)13-10-15(20)19(22-11-13)26-12(2)3/h1,5-8,10-12H,9H2,2-3H3,(H,21,25)(H,23,24). The second kappa shape index (κ2) is 8.88. The third kappa shape index (κ3) is 4.98. The van der Waals surface area contributed by atoms with Crippen molar-refractivity contribution in [2.45, 2.75) is 20.0 Å². The summed E-state index contributed by atoms with van der Waals surface area (Å²) in [5, 5.41) is 5.47. The van der Waals surface area contributed by atoms with E-state index in [9.17, 15) is 9.59 Å². The van der Waals surface area contributed by atoms with Crippen molar-refractivity contribution in [2.24, 2.45) is 0 Å². The summed E-state index contributed by atoms with van der Waals surface area (Å²) in [5.41, 5.74) is 0.894. The number of terminal acetylenes is 1. The average molecular weight is 372 g/mol. The van der Waals surface area contributed by atoms with E-state index in [1.165, 1.54) is 12.3 Å². The van der Waals surface area contributed by atoms with Gasteiger partial charge in [0.1, 0.15) is 5.02 Å². The van der Waals surface area contributed by atoms with Crippen molar-refractivity contribution in [3.05, 3.63) is 52.7 Å². The molecule has 134 valence electrons. The summed E-state index contributed by atoms with van der Waals surface area (Å²) < 4.78 is 5.44. The Balaban J connectivity index is 2.19. The van der Waals surface area contributed by atoms with E-state index in [1.54, 1.807) is 24.3 Å². The van der Waals surface area contributed by atoms with Crippen LogP contribution >= 0.6 is 11.6 Å². The van der Waals surface area contributed by atoms with E-state index in [-0.39, 0.29) is 35.0 Å². The number of nitrogens with zero attached hydrogens (tertiary/aromatic N) is 1. The van der Waals surface area contributed by atoms with Gasteiger partial charge in [-0.15, -0.1) is 6.42 Å².